The van der Waals surface area contributed by atoms with Gasteiger partial charge in [-0.05, 0) is 34.9 Å². The van der Waals surface area contributed by atoms with Crippen LogP contribution in [0.4, 0.5) is 5.69 Å². The Bertz CT molecular complexity index is 806. The van der Waals surface area contributed by atoms with E-state index in [0.29, 0.717) is 0 Å². The molecule has 1 saturated heterocycles. The van der Waals surface area contributed by atoms with Crippen LogP contribution in [0.5, 0.6) is 5.75 Å². The zero-order valence-electron chi connectivity index (χ0n) is 12.0. The van der Waals surface area contributed by atoms with Gasteiger partial charge in [0, 0.05) is 5.92 Å². The molecular weight excluding hydrogens is 298 g/mol. The molecule has 2 aromatic carbocycles. The number of rotatable bonds is 1. The SMILES string of the molecule is COc1ccc2c(c1)[C@H]1[C@H]([C@H]3O[C@@H]1c1ccccc13)S(=O)N2. The fourth-order valence-corrected chi connectivity index (χ4v) is 5.55. The van der Waals surface area contributed by atoms with Crippen LogP contribution in [0.15, 0.2) is 42.5 Å². The highest BCUT2D eigenvalue weighted by Crippen LogP contribution is 2.61. The van der Waals surface area contributed by atoms with Crippen molar-refractivity contribution < 1.29 is 13.7 Å². The maximum absolute atomic E-state index is 12.7. The minimum Gasteiger partial charge on any atom is -0.497 e. The Hall–Kier alpha value is -1.85. The molecule has 3 aliphatic heterocycles. The molecule has 0 amide bonds. The molecular formula is C17H15NO3S. The molecule has 3 aliphatic rings. The van der Waals surface area contributed by atoms with Crippen molar-refractivity contribution in [3.8, 4) is 5.75 Å². The molecule has 0 saturated carbocycles. The number of benzene rings is 2. The fraction of sp³-hybridized carbons (Fsp3) is 0.294. The van der Waals surface area contributed by atoms with Crippen molar-refractivity contribution in [1.29, 1.82) is 0 Å². The van der Waals surface area contributed by atoms with Crippen LogP contribution < -0.4 is 9.46 Å². The lowest BCUT2D eigenvalue weighted by atomic mass is 9.79. The average molecular weight is 313 g/mol. The molecule has 1 N–H and O–H groups in total. The Morgan fingerprint density at radius 2 is 1.86 bits per heavy atom. The maximum Gasteiger partial charge on any atom is 0.124 e. The van der Waals surface area contributed by atoms with Crippen LogP contribution in [0.1, 0.15) is 34.8 Å². The van der Waals surface area contributed by atoms with Crippen LogP contribution in [-0.4, -0.2) is 16.6 Å². The summed E-state index contributed by atoms with van der Waals surface area (Å²) in [5.41, 5.74) is 4.50. The predicted octanol–water partition coefficient (Wildman–Crippen LogP) is 3.06. The summed E-state index contributed by atoms with van der Waals surface area (Å²) in [6.45, 7) is 0. The van der Waals surface area contributed by atoms with Crippen LogP contribution in [0, 0.1) is 0 Å². The number of hydrogen-bond donors (Lipinski definition) is 1. The van der Waals surface area contributed by atoms with Gasteiger partial charge in [-0.15, -0.1) is 0 Å². The lowest BCUT2D eigenvalue weighted by Gasteiger charge is -2.34. The number of methoxy groups -OCH3 is 1. The van der Waals surface area contributed by atoms with Crippen molar-refractivity contribution in [2.24, 2.45) is 0 Å². The number of nitrogens with one attached hydrogen (secondary N) is 1. The van der Waals surface area contributed by atoms with Crippen molar-refractivity contribution in [2.45, 2.75) is 23.4 Å². The van der Waals surface area contributed by atoms with Gasteiger partial charge in [-0.1, -0.05) is 24.3 Å². The summed E-state index contributed by atoms with van der Waals surface area (Å²) in [6, 6.07) is 14.2. The molecule has 4 nitrogen and oxygen atoms in total. The quantitative estimate of drug-likeness (QED) is 0.880. The molecule has 3 heterocycles. The van der Waals surface area contributed by atoms with Gasteiger partial charge in [0.25, 0.3) is 0 Å². The van der Waals surface area contributed by atoms with Crippen molar-refractivity contribution in [3.05, 3.63) is 59.2 Å². The van der Waals surface area contributed by atoms with Gasteiger partial charge in [-0.25, -0.2) is 4.21 Å². The average Bonchev–Trinajstić information content (AvgIpc) is 3.12. The number of hydrogen-bond acceptors (Lipinski definition) is 3. The van der Waals surface area contributed by atoms with Gasteiger partial charge in [0.15, 0.2) is 0 Å². The van der Waals surface area contributed by atoms with Crippen LogP contribution >= 0.6 is 0 Å². The van der Waals surface area contributed by atoms with Crippen LogP contribution in [0.25, 0.3) is 0 Å². The van der Waals surface area contributed by atoms with Crippen molar-refractivity contribution in [2.75, 3.05) is 11.8 Å². The topological polar surface area (TPSA) is 47.6 Å². The zero-order valence-corrected chi connectivity index (χ0v) is 12.8. The molecule has 5 atom stereocenters. The third-order valence-corrected chi connectivity index (χ3v) is 6.41. The second-order valence-corrected chi connectivity index (χ2v) is 7.29. The van der Waals surface area contributed by atoms with Crippen molar-refractivity contribution >= 4 is 16.7 Å². The molecule has 0 aromatic heterocycles. The Morgan fingerprint density at radius 1 is 1.09 bits per heavy atom. The van der Waals surface area contributed by atoms with Gasteiger partial charge in [-0.3, -0.25) is 0 Å². The van der Waals surface area contributed by atoms with Gasteiger partial charge < -0.3 is 14.2 Å². The van der Waals surface area contributed by atoms with Crippen LogP contribution in [0.2, 0.25) is 0 Å². The standard InChI is InChI=1S/C17H15NO3S/c1-20-9-6-7-13-12(8-9)14-15-10-4-2-3-5-11(10)16(21-15)17(14)22(19)18-13/h2-8,14-18H,1H3/t14-,15-,16+,17-,22?/m1/s1. The lowest BCUT2D eigenvalue weighted by Crippen LogP contribution is -2.36. The van der Waals surface area contributed by atoms with E-state index in [1.54, 1.807) is 7.11 Å². The van der Waals surface area contributed by atoms with Crippen LogP contribution in [0.3, 0.4) is 0 Å². The second-order valence-electron chi connectivity index (χ2n) is 5.95. The molecule has 22 heavy (non-hydrogen) atoms. The summed E-state index contributed by atoms with van der Waals surface area (Å²) in [5.74, 6) is 0.940. The monoisotopic (exact) mass is 313 g/mol. The Balaban J connectivity index is 1.71. The Kier molecular flexibility index (Phi) is 2.50. The van der Waals surface area contributed by atoms with Gasteiger partial charge in [0.05, 0.1) is 24.2 Å². The first-order valence-electron chi connectivity index (χ1n) is 7.37. The fourth-order valence-electron chi connectivity index (χ4n) is 4.03. The molecule has 0 spiro atoms. The van der Waals surface area contributed by atoms with Gasteiger partial charge in [0.2, 0.25) is 0 Å². The van der Waals surface area contributed by atoms with E-state index >= 15 is 0 Å². The van der Waals surface area contributed by atoms with E-state index < -0.39 is 11.0 Å². The van der Waals surface area contributed by atoms with Gasteiger partial charge in [0.1, 0.15) is 22.8 Å². The number of anilines is 1. The summed E-state index contributed by atoms with van der Waals surface area (Å²) in [6.07, 6.45) is -0.0954. The first kappa shape index (κ1) is 12.7. The van der Waals surface area contributed by atoms with Crippen LogP contribution in [-0.2, 0) is 15.7 Å². The van der Waals surface area contributed by atoms with E-state index in [4.69, 9.17) is 9.47 Å². The first-order chi connectivity index (χ1) is 10.8. The van der Waals surface area contributed by atoms with E-state index in [-0.39, 0.29) is 23.4 Å². The van der Waals surface area contributed by atoms with E-state index in [2.05, 4.69) is 16.9 Å². The number of ether oxygens (including phenoxy) is 2. The smallest absolute Gasteiger partial charge is 0.124 e. The summed E-state index contributed by atoms with van der Waals surface area (Å²) in [5, 5.41) is -0.0421. The molecule has 2 aromatic rings. The first-order valence-corrected chi connectivity index (χ1v) is 8.58. The summed E-state index contributed by atoms with van der Waals surface area (Å²) in [4.78, 5) is 0. The second kappa shape index (κ2) is 4.33. The largest absolute Gasteiger partial charge is 0.497 e. The molecule has 5 rings (SSSR count). The lowest BCUT2D eigenvalue weighted by molar-refractivity contribution is 0.0683. The molecule has 5 heteroatoms. The molecule has 112 valence electrons. The van der Waals surface area contributed by atoms with Gasteiger partial charge in [-0.2, -0.15) is 0 Å². The highest BCUT2D eigenvalue weighted by molar-refractivity contribution is 7.87. The molecule has 1 fully saturated rings. The minimum absolute atomic E-state index is 0.0110. The maximum atomic E-state index is 12.7. The molecule has 1 unspecified atom stereocenters. The summed E-state index contributed by atoms with van der Waals surface area (Å²) in [7, 11) is 0.529. The normalized spacial score (nSPS) is 33.6. The third kappa shape index (κ3) is 1.48. The minimum atomic E-state index is -1.14. The van der Waals surface area contributed by atoms with Crippen molar-refractivity contribution in [1.82, 2.24) is 0 Å². The molecule has 2 bridgehead atoms. The number of fused-ring (bicyclic) bond motifs is 10. The Morgan fingerprint density at radius 3 is 2.64 bits per heavy atom. The zero-order chi connectivity index (χ0) is 14.8. The van der Waals surface area contributed by atoms with E-state index in [9.17, 15) is 4.21 Å². The van der Waals surface area contributed by atoms with Crippen molar-refractivity contribution in [3.63, 3.8) is 0 Å². The summed E-state index contributed by atoms with van der Waals surface area (Å²) < 4.78 is 27.4. The molecule has 0 radical (unpaired) electrons. The highest BCUT2D eigenvalue weighted by atomic mass is 32.2. The molecule has 0 aliphatic carbocycles. The highest BCUT2D eigenvalue weighted by Gasteiger charge is 2.57. The van der Waals surface area contributed by atoms with E-state index in [1.807, 2.05) is 30.3 Å². The third-order valence-electron chi connectivity index (χ3n) is 4.96. The van der Waals surface area contributed by atoms with Gasteiger partial charge >= 0.3 is 0 Å². The van der Waals surface area contributed by atoms with E-state index in [0.717, 1.165) is 17.0 Å². The Labute approximate surface area is 131 Å². The summed E-state index contributed by atoms with van der Waals surface area (Å²) >= 11 is 0. The van der Waals surface area contributed by atoms with E-state index in [1.165, 1.54) is 11.1 Å². The predicted molar refractivity (Wildman–Crippen MR) is 84.3 cm³/mol.